The van der Waals surface area contributed by atoms with Crippen molar-refractivity contribution in [3.63, 3.8) is 0 Å². The second kappa shape index (κ2) is 47.0. The van der Waals surface area contributed by atoms with Crippen molar-refractivity contribution in [3.8, 4) is 0 Å². The molecule has 0 amide bonds. The standard InChI is InChI=1S/C30H70N6O6P2.6ClH/c31-17-13-21-35(22-14-18-32)25-29-43(37,38)41-27-11-9-7-5-3-1-2-4-6-8-10-12-28-42-44(39,40)30-26-36(23-15-19-33)24-16-20-34;;;;;;/h1-34H2,(H,37,38)(H,39,40);6*1H. The van der Waals surface area contributed by atoms with Gasteiger partial charge in [0.2, 0.25) is 0 Å². The number of hydrogen-bond donors (Lipinski definition) is 6. The molecule has 10 N–H and O–H groups in total. The predicted octanol–water partition coefficient (Wildman–Crippen LogP) is 6.60. The van der Waals surface area contributed by atoms with Gasteiger partial charge in [0.05, 0.1) is 25.5 Å². The van der Waals surface area contributed by atoms with E-state index in [2.05, 4.69) is 9.80 Å². The van der Waals surface area contributed by atoms with Crippen LogP contribution in [0.4, 0.5) is 0 Å². The van der Waals surface area contributed by atoms with E-state index >= 15 is 0 Å². The number of hydrogen-bond acceptors (Lipinski definition) is 10. The van der Waals surface area contributed by atoms with Crippen LogP contribution in [0.2, 0.25) is 0 Å². The smallest absolute Gasteiger partial charge is 0.329 e. The lowest BCUT2D eigenvalue weighted by atomic mass is 10.1. The summed E-state index contributed by atoms with van der Waals surface area (Å²) in [5.41, 5.74) is 22.4. The van der Waals surface area contributed by atoms with Crippen molar-refractivity contribution in [2.75, 3.05) is 91.0 Å². The van der Waals surface area contributed by atoms with E-state index < -0.39 is 15.2 Å². The molecule has 0 aliphatic carbocycles. The number of rotatable bonds is 35. The Morgan fingerprint density at radius 3 is 0.820 bits per heavy atom. The predicted molar refractivity (Wildman–Crippen MR) is 228 cm³/mol. The lowest BCUT2D eigenvalue weighted by molar-refractivity contribution is 0.237. The summed E-state index contributed by atoms with van der Waals surface area (Å²) in [6.07, 6.45) is 16.9. The van der Waals surface area contributed by atoms with E-state index in [1.807, 2.05) is 0 Å². The maximum Gasteiger partial charge on any atom is 0.329 e. The summed E-state index contributed by atoms with van der Waals surface area (Å²) in [6.45, 7) is 7.42. The maximum atomic E-state index is 12.4. The van der Waals surface area contributed by atoms with Crippen LogP contribution < -0.4 is 22.9 Å². The third-order valence-electron chi connectivity index (χ3n) is 7.74. The normalized spacial score (nSPS) is 13.0. The van der Waals surface area contributed by atoms with Crippen molar-refractivity contribution in [1.29, 1.82) is 0 Å². The van der Waals surface area contributed by atoms with E-state index in [9.17, 15) is 18.9 Å². The maximum absolute atomic E-state index is 12.4. The van der Waals surface area contributed by atoms with Gasteiger partial charge in [0.25, 0.3) is 0 Å². The quantitative estimate of drug-likeness (QED) is 0.0294. The first kappa shape index (κ1) is 66.6. The SMILES string of the molecule is Cl.Cl.Cl.Cl.Cl.Cl.NCCCN(CCCN)CCP(=O)(O)OCCCCCCCCCCCCCCOP(=O)(O)CCN(CCCN)CCCN. The average molecular weight is 892 g/mol. The Kier molecular flexibility index (Phi) is 62.5. The van der Waals surface area contributed by atoms with Crippen LogP contribution in [0.25, 0.3) is 0 Å². The Bertz CT molecular complexity index is 680. The Balaban J connectivity index is -0.000000616. The van der Waals surface area contributed by atoms with E-state index in [4.69, 9.17) is 32.0 Å². The molecule has 0 radical (unpaired) electrons. The molecule has 0 saturated heterocycles. The monoisotopic (exact) mass is 888 g/mol. The molecule has 0 saturated carbocycles. The second-order valence-electron chi connectivity index (χ2n) is 11.9. The van der Waals surface area contributed by atoms with Crippen LogP contribution >= 0.6 is 89.6 Å². The van der Waals surface area contributed by atoms with Crippen LogP contribution in [0, 0.1) is 0 Å². The minimum atomic E-state index is -3.56. The molecule has 20 heteroatoms. The molecule has 314 valence electrons. The lowest BCUT2D eigenvalue weighted by Gasteiger charge is -2.23. The molecule has 50 heavy (non-hydrogen) atoms. The first-order chi connectivity index (χ1) is 21.2. The van der Waals surface area contributed by atoms with Gasteiger partial charge in [0.15, 0.2) is 0 Å². The first-order valence-corrected chi connectivity index (χ1v) is 20.9. The third-order valence-corrected chi connectivity index (χ3v) is 10.4. The number of nitrogens with zero attached hydrogens (tertiary/aromatic N) is 2. The molecular formula is C30H76Cl6N6O6P2. The minimum Gasteiger partial charge on any atom is -0.330 e. The molecule has 0 aromatic carbocycles. The molecule has 2 atom stereocenters. The molecule has 0 heterocycles. The fourth-order valence-corrected chi connectivity index (χ4v) is 7.14. The lowest BCUT2D eigenvalue weighted by Crippen LogP contribution is -2.31. The molecule has 0 rings (SSSR count). The van der Waals surface area contributed by atoms with Gasteiger partial charge in [-0.05, 0) is 90.9 Å². The second-order valence-corrected chi connectivity index (χ2v) is 15.8. The highest BCUT2D eigenvalue weighted by molar-refractivity contribution is 7.53. The van der Waals surface area contributed by atoms with Crippen molar-refractivity contribution in [1.82, 2.24) is 9.80 Å². The Morgan fingerprint density at radius 1 is 0.380 bits per heavy atom. The summed E-state index contributed by atoms with van der Waals surface area (Å²) in [4.78, 5) is 24.6. The topological polar surface area (TPSA) is 204 Å². The molecule has 0 aromatic rings. The molecular weight excluding hydrogens is 815 g/mol. The van der Waals surface area contributed by atoms with Crippen LogP contribution in [0.1, 0.15) is 103 Å². The van der Waals surface area contributed by atoms with Crippen LogP contribution in [-0.4, -0.2) is 111 Å². The Labute approximate surface area is 342 Å². The number of nitrogens with two attached hydrogens (primary N) is 4. The molecule has 2 unspecified atom stereocenters. The Hall–Kier alpha value is 1.80. The molecule has 0 aliphatic rings. The van der Waals surface area contributed by atoms with Crippen LogP contribution in [0.3, 0.4) is 0 Å². The molecule has 0 spiro atoms. The van der Waals surface area contributed by atoms with Gasteiger partial charge < -0.3 is 51.6 Å². The van der Waals surface area contributed by atoms with Crippen LogP contribution in [0.5, 0.6) is 0 Å². The zero-order valence-electron chi connectivity index (χ0n) is 30.3. The molecule has 0 fully saturated rings. The van der Waals surface area contributed by atoms with Crippen LogP contribution in [0.15, 0.2) is 0 Å². The molecule has 12 nitrogen and oxygen atoms in total. The van der Waals surface area contributed by atoms with Crippen molar-refractivity contribution >= 4 is 89.6 Å². The van der Waals surface area contributed by atoms with Gasteiger partial charge in [-0.25, -0.2) is 0 Å². The number of halogens is 6. The van der Waals surface area contributed by atoms with Gasteiger partial charge >= 0.3 is 15.2 Å². The minimum absolute atomic E-state index is 0. The Morgan fingerprint density at radius 2 is 0.600 bits per heavy atom. The van der Waals surface area contributed by atoms with E-state index in [-0.39, 0.29) is 86.8 Å². The van der Waals surface area contributed by atoms with Gasteiger partial charge in [-0.1, -0.05) is 64.2 Å². The molecule has 0 aliphatic heterocycles. The highest BCUT2D eigenvalue weighted by atomic mass is 35.5. The highest BCUT2D eigenvalue weighted by Crippen LogP contribution is 2.42. The van der Waals surface area contributed by atoms with Crippen molar-refractivity contribution in [3.05, 3.63) is 0 Å². The third kappa shape index (κ3) is 46.0. The average Bonchev–Trinajstić information content (AvgIpc) is 3.00. The van der Waals surface area contributed by atoms with Crippen molar-refractivity contribution in [2.45, 2.75) is 103 Å². The summed E-state index contributed by atoms with van der Waals surface area (Å²) < 4.78 is 35.4. The fraction of sp³-hybridized carbons (Fsp3) is 1.00. The van der Waals surface area contributed by atoms with Crippen molar-refractivity contribution in [2.24, 2.45) is 22.9 Å². The zero-order valence-corrected chi connectivity index (χ0v) is 37.0. The number of unbranched alkanes of at least 4 members (excludes halogenated alkanes) is 11. The largest absolute Gasteiger partial charge is 0.330 e. The zero-order chi connectivity index (χ0) is 32.8. The highest BCUT2D eigenvalue weighted by Gasteiger charge is 2.21. The van der Waals surface area contributed by atoms with E-state index in [0.717, 1.165) is 90.4 Å². The van der Waals surface area contributed by atoms with Gasteiger partial charge in [-0.3, -0.25) is 9.13 Å². The fourth-order valence-electron chi connectivity index (χ4n) is 4.98. The molecule has 0 bridgehead atoms. The van der Waals surface area contributed by atoms with Crippen molar-refractivity contribution < 1.29 is 28.0 Å². The van der Waals surface area contributed by atoms with Gasteiger partial charge in [0.1, 0.15) is 0 Å². The summed E-state index contributed by atoms with van der Waals surface area (Å²) in [5, 5.41) is 0. The summed E-state index contributed by atoms with van der Waals surface area (Å²) >= 11 is 0. The van der Waals surface area contributed by atoms with Gasteiger partial charge in [-0.2, -0.15) is 0 Å². The summed E-state index contributed by atoms with van der Waals surface area (Å²) in [5.74, 6) is 0. The van der Waals surface area contributed by atoms with E-state index in [1.54, 1.807) is 0 Å². The van der Waals surface area contributed by atoms with E-state index in [1.165, 1.54) is 38.5 Å². The summed E-state index contributed by atoms with van der Waals surface area (Å²) in [7, 11) is -7.12. The summed E-state index contributed by atoms with van der Waals surface area (Å²) in [6, 6.07) is 0. The van der Waals surface area contributed by atoms with Gasteiger partial charge in [-0.15, -0.1) is 74.4 Å². The van der Waals surface area contributed by atoms with Crippen LogP contribution in [-0.2, 0) is 18.2 Å². The first-order valence-electron chi connectivity index (χ1n) is 17.4. The van der Waals surface area contributed by atoms with Gasteiger partial charge in [0, 0.05) is 13.1 Å². The van der Waals surface area contributed by atoms with E-state index in [0.29, 0.717) is 52.5 Å². The molecule has 0 aromatic heterocycles.